The van der Waals surface area contributed by atoms with Crippen molar-refractivity contribution in [2.45, 2.75) is 19.9 Å². The topological polar surface area (TPSA) is 92.6 Å². The number of hydrogen-bond donors (Lipinski definition) is 1. The number of carbonyl (C=O) groups excluding carboxylic acids is 2. The van der Waals surface area contributed by atoms with Gasteiger partial charge >= 0.3 is 5.97 Å². The molecule has 3 heterocycles. The molecule has 2 aromatic heterocycles. The van der Waals surface area contributed by atoms with Crippen molar-refractivity contribution in [1.82, 2.24) is 9.88 Å². The third-order valence-corrected chi connectivity index (χ3v) is 7.09. The van der Waals surface area contributed by atoms with Gasteiger partial charge in [0.1, 0.15) is 5.76 Å². The zero-order valence-electron chi connectivity index (χ0n) is 20.5. The molecule has 7 heteroatoms. The number of rotatable bonds is 3. The van der Waals surface area contributed by atoms with Crippen LogP contribution in [0.15, 0.2) is 75.9 Å². The molecule has 1 amide bonds. The second-order valence-corrected chi connectivity index (χ2v) is 9.24. The number of methoxy groups -OCH3 is 1. The van der Waals surface area contributed by atoms with Crippen LogP contribution in [-0.4, -0.2) is 35.4 Å². The second kappa shape index (κ2) is 8.78. The van der Waals surface area contributed by atoms with E-state index >= 15 is 0 Å². The molecule has 0 aliphatic carbocycles. The van der Waals surface area contributed by atoms with Crippen LogP contribution in [0.1, 0.15) is 37.5 Å². The average molecular weight is 493 g/mol. The van der Waals surface area contributed by atoms with Gasteiger partial charge in [0.25, 0.3) is 5.91 Å². The lowest BCUT2D eigenvalue weighted by Gasteiger charge is -2.27. The van der Waals surface area contributed by atoms with Gasteiger partial charge in [0.2, 0.25) is 0 Å². The van der Waals surface area contributed by atoms with E-state index in [1.54, 1.807) is 42.2 Å². The molecule has 6 rings (SSSR count). The van der Waals surface area contributed by atoms with Crippen LogP contribution in [0.4, 0.5) is 0 Å². The summed E-state index contributed by atoms with van der Waals surface area (Å²) in [6, 6.07) is 19.9. The summed E-state index contributed by atoms with van der Waals surface area (Å²) in [6.45, 7) is 2.63. The number of hydrogen-bond acceptors (Lipinski definition) is 5. The molecular weight excluding hydrogens is 468 g/mol. The maximum Gasteiger partial charge on any atom is 0.337 e. The molecule has 1 N–H and O–H groups in total. The number of para-hydroxylation sites is 1. The highest BCUT2D eigenvalue weighted by Gasteiger charge is 2.28. The van der Waals surface area contributed by atoms with Gasteiger partial charge in [0.05, 0.1) is 23.6 Å². The first-order chi connectivity index (χ1) is 18.0. The Balaban J connectivity index is 1.42. The van der Waals surface area contributed by atoms with Crippen molar-refractivity contribution in [2.24, 2.45) is 0 Å². The van der Waals surface area contributed by atoms with Crippen LogP contribution < -0.4 is 5.43 Å². The van der Waals surface area contributed by atoms with Gasteiger partial charge in [-0.05, 0) is 37.3 Å². The smallest absolute Gasteiger partial charge is 0.337 e. The number of amides is 1. The number of fused-ring (bicyclic) bond motifs is 4. The number of carbonyl (C=O) groups is 2. The molecule has 37 heavy (non-hydrogen) atoms. The van der Waals surface area contributed by atoms with Gasteiger partial charge in [0, 0.05) is 52.8 Å². The van der Waals surface area contributed by atoms with E-state index in [4.69, 9.17) is 9.15 Å². The van der Waals surface area contributed by atoms with E-state index in [9.17, 15) is 14.4 Å². The van der Waals surface area contributed by atoms with Crippen molar-refractivity contribution in [3.8, 4) is 11.3 Å². The molecule has 0 saturated carbocycles. The van der Waals surface area contributed by atoms with Crippen LogP contribution in [0, 0.1) is 6.92 Å². The number of nitrogens with one attached hydrogen (secondary N) is 1. The quantitative estimate of drug-likeness (QED) is 0.348. The van der Waals surface area contributed by atoms with Crippen LogP contribution in [0.3, 0.4) is 0 Å². The fraction of sp³-hybridized carbons (Fsp3) is 0.167. The maximum absolute atomic E-state index is 13.8. The van der Waals surface area contributed by atoms with Crippen LogP contribution in [0.5, 0.6) is 0 Å². The van der Waals surface area contributed by atoms with E-state index in [0.717, 1.165) is 27.7 Å². The summed E-state index contributed by atoms with van der Waals surface area (Å²) in [7, 11) is 1.35. The summed E-state index contributed by atoms with van der Waals surface area (Å²) in [6.07, 6.45) is 0.645. The lowest BCUT2D eigenvalue weighted by molar-refractivity contribution is 0.0600. The molecule has 0 unspecified atom stereocenters. The SMILES string of the molecule is COC(=O)c1ccc2[nH]c3c(c2c1)CN(C(=O)c1cccc2c(=O)c(C)c(-c4ccccc4)oc12)CC3. The van der Waals surface area contributed by atoms with E-state index in [1.807, 2.05) is 36.4 Å². The molecule has 0 fully saturated rings. The summed E-state index contributed by atoms with van der Waals surface area (Å²) >= 11 is 0. The Morgan fingerprint density at radius 2 is 1.81 bits per heavy atom. The van der Waals surface area contributed by atoms with Crippen molar-refractivity contribution in [3.05, 3.63) is 105 Å². The Hall–Kier alpha value is -4.65. The molecule has 3 aromatic carbocycles. The normalized spacial score (nSPS) is 13.1. The van der Waals surface area contributed by atoms with Gasteiger partial charge in [-0.3, -0.25) is 9.59 Å². The maximum atomic E-state index is 13.8. The first-order valence-electron chi connectivity index (χ1n) is 12.1. The summed E-state index contributed by atoms with van der Waals surface area (Å²) in [5, 5.41) is 1.28. The van der Waals surface area contributed by atoms with E-state index in [1.165, 1.54) is 7.11 Å². The van der Waals surface area contributed by atoms with Crippen molar-refractivity contribution in [3.63, 3.8) is 0 Å². The molecule has 5 aromatic rings. The summed E-state index contributed by atoms with van der Waals surface area (Å²) in [5.74, 6) is -0.150. The molecule has 0 bridgehead atoms. The molecule has 0 saturated heterocycles. The van der Waals surface area contributed by atoms with Crippen molar-refractivity contribution in [2.75, 3.05) is 13.7 Å². The van der Waals surface area contributed by atoms with Gasteiger partial charge in [0.15, 0.2) is 11.0 Å². The highest BCUT2D eigenvalue weighted by Crippen LogP contribution is 2.32. The molecule has 184 valence electrons. The number of aromatic amines is 1. The number of nitrogens with zero attached hydrogens (tertiary/aromatic N) is 1. The number of esters is 1. The zero-order chi connectivity index (χ0) is 25.7. The van der Waals surface area contributed by atoms with E-state index in [-0.39, 0.29) is 11.3 Å². The van der Waals surface area contributed by atoms with Crippen molar-refractivity contribution < 1.29 is 18.7 Å². The Morgan fingerprint density at radius 3 is 2.59 bits per heavy atom. The average Bonchev–Trinajstić information content (AvgIpc) is 3.31. The van der Waals surface area contributed by atoms with Gasteiger partial charge in [-0.2, -0.15) is 0 Å². The fourth-order valence-corrected chi connectivity index (χ4v) is 5.15. The summed E-state index contributed by atoms with van der Waals surface area (Å²) < 4.78 is 11.2. The summed E-state index contributed by atoms with van der Waals surface area (Å²) in [4.78, 5) is 44.3. The minimum absolute atomic E-state index is 0.150. The highest BCUT2D eigenvalue weighted by molar-refractivity contribution is 6.05. The number of H-pyrrole nitrogens is 1. The third-order valence-electron chi connectivity index (χ3n) is 7.09. The largest absolute Gasteiger partial charge is 0.465 e. The fourth-order valence-electron chi connectivity index (χ4n) is 5.15. The van der Waals surface area contributed by atoms with Crippen molar-refractivity contribution in [1.29, 1.82) is 0 Å². The van der Waals surface area contributed by atoms with Gasteiger partial charge in [-0.15, -0.1) is 0 Å². The Kier molecular flexibility index (Phi) is 5.41. The van der Waals surface area contributed by atoms with E-state index in [0.29, 0.717) is 52.9 Å². The van der Waals surface area contributed by atoms with E-state index < -0.39 is 5.97 Å². The molecule has 0 radical (unpaired) electrons. The lowest BCUT2D eigenvalue weighted by atomic mass is 10.0. The highest BCUT2D eigenvalue weighted by atomic mass is 16.5. The predicted molar refractivity (Wildman–Crippen MR) is 141 cm³/mol. The van der Waals surface area contributed by atoms with Gasteiger partial charge in [-0.25, -0.2) is 4.79 Å². The first kappa shape index (κ1) is 22.8. The van der Waals surface area contributed by atoms with Crippen molar-refractivity contribution >= 4 is 33.7 Å². The predicted octanol–water partition coefficient (Wildman–Crippen LogP) is 5.23. The van der Waals surface area contributed by atoms with Crippen LogP contribution in [0.25, 0.3) is 33.2 Å². The van der Waals surface area contributed by atoms with Gasteiger partial charge < -0.3 is 19.0 Å². The second-order valence-electron chi connectivity index (χ2n) is 9.24. The standard InChI is InChI=1S/C30H24N2O5/c1-17-26(33)20-9-6-10-21(28(20)37-27(17)18-7-4-3-5-8-18)29(34)32-14-13-25-23(16-32)22-15-19(30(35)36-2)11-12-24(22)31-25/h3-12,15,31H,13-14,16H2,1-2H3. The monoisotopic (exact) mass is 492 g/mol. The van der Waals surface area contributed by atoms with Crippen LogP contribution >= 0.6 is 0 Å². The molecule has 0 spiro atoms. The number of benzene rings is 3. The number of aromatic nitrogens is 1. The van der Waals surface area contributed by atoms with Crippen LogP contribution in [-0.2, 0) is 17.7 Å². The molecule has 0 atom stereocenters. The molecular formula is C30H24N2O5. The molecule has 1 aliphatic heterocycles. The minimum Gasteiger partial charge on any atom is -0.465 e. The Morgan fingerprint density at radius 1 is 1.00 bits per heavy atom. The minimum atomic E-state index is -0.407. The summed E-state index contributed by atoms with van der Waals surface area (Å²) in [5.41, 5.74) is 5.17. The van der Waals surface area contributed by atoms with Crippen LogP contribution in [0.2, 0.25) is 0 Å². The molecule has 7 nitrogen and oxygen atoms in total. The number of ether oxygens (including phenoxy) is 1. The third kappa shape index (κ3) is 3.71. The zero-order valence-corrected chi connectivity index (χ0v) is 20.5. The first-order valence-corrected chi connectivity index (χ1v) is 12.1. The lowest BCUT2D eigenvalue weighted by Crippen LogP contribution is -2.36. The van der Waals surface area contributed by atoms with Gasteiger partial charge in [-0.1, -0.05) is 36.4 Å². The Bertz CT molecular complexity index is 1760. The Labute approximate surface area is 212 Å². The van der Waals surface area contributed by atoms with E-state index in [2.05, 4.69) is 4.98 Å². The molecule has 1 aliphatic rings.